The van der Waals surface area contributed by atoms with Gasteiger partial charge >= 0.3 is 12.1 Å². The van der Waals surface area contributed by atoms with Crippen molar-refractivity contribution in [2.45, 2.75) is 25.2 Å². The molecular weight excluding hydrogens is 341 g/mol. The maximum absolute atomic E-state index is 12.6. The predicted molar refractivity (Wildman–Crippen MR) is 78.7 cm³/mol. The number of carbonyl (C=O) groups is 2. The first-order valence-corrected chi connectivity index (χ1v) is 7.24. The van der Waals surface area contributed by atoms with Gasteiger partial charge in [0, 0.05) is 12.4 Å². The summed E-state index contributed by atoms with van der Waals surface area (Å²) in [5.41, 5.74) is 0.822. The largest absolute Gasteiger partial charge is 0.469 e. The van der Waals surface area contributed by atoms with Gasteiger partial charge in [0.1, 0.15) is 6.54 Å². The van der Waals surface area contributed by atoms with E-state index in [1.54, 1.807) is 12.1 Å². The van der Waals surface area contributed by atoms with Crippen molar-refractivity contribution in [1.82, 2.24) is 14.8 Å². The van der Waals surface area contributed by atoms with E-state index in [0.717, 1.165) is 12.4 Å². The molecule has 0 N–H and O–H groups in total. The lowest BCUT2D eigenvalue weighted by Gasteiger charge is -2.22. The third-order valence-electron chi connectivity index (χ3n) is 3.74. The number of pyridine rings is 1. The molecule has 0 aliphatic carbocycles. The lowest BCUT2D eigenvalue weighted by molar-refractivity contribution is -0.143. The Morgan fingerprint density at radius 1 is 1.40 bits per heavy atom. The van der Waals surface area contributed by atoms with E-state index in [-0.39, 0.29) is 12.1 Å². The fraction of sp³-hybridized carbons (Fsp3) is 0.333. The first-order valence-electron chi connectivity index (χ1n) is 7.24. The molecule has 0 saturated heterocycles. The van der Waals surface area contributed by atoms with E-state index in [1.165, 1.54) is 18.2 Å². The molecule has 0 radical (unpaired) electrons. The molecule has 0 aromatic carbocycles. The second-order valence-corrected chi connectivity index (χ2v) is 5.42. The summed E-state index contributed by atoms with van der Waals surface area (Å²) in [5.74, 6) is -1.02. The predicted octanol–water partition coefficient (Wildman–Crippen LogP) is 2.10. The summed E-state index contributed by atoms with van der Waals surface area (Å²) in [6, 6.07) is 2.36. The van der Waals surface area contributed by atoms with E-state index in [2.05, 4.69) is 14.8 Å². The van der Waals surface area contributed by atoms with Gasteiger partial charge < -0.3 is 4.74 Å². The van der Waals surface area contributed by atoms with E-state index in [4.69, 9.17) is 0 Å². The second-order valence-electron chi connectivity index (χ2n) is 5.42. The molecule has 2 aromatic rings. The number of halogens is 3. The third-order valence-corrected chi connectivity index (χ3v) is 3.74. The monoisotopic (exact) mass is 354 g/mol. The topological polar surface area (TPSA) is 77.3 Å². The SMILES string of the molecule is COC(=O)CC1c2ncccc2C(=O)N1c1cnn(CC(F)(F)F)c1. The first-order chi connectivity index (χ1) is 11.8. The fourth-order valence-corrected chi connectivity index (χ4v) is 2.73. The van der Waals surface area contributed by atoms with E-state index in [0.29, 0.717) is 15.9 Å². The highest BCUT2D eigenvalue weighted by atomic mass is 19.4. The number of esters is 1. The van der Waals surface area contributed by atoms with Crippen LogP contribution in [0, 0.1) is 0 Å². The van der Waals surface area contributed by atoms with E-state index in [1.807, 2.05) is 0 Å². The summed E-state index contributed by atoms with van der Waals surface area (Å²) in [4.78, 5) is 29.7. The van der Waals surface area contributed by atoms with Crippen LogP contribution in [0.5, 0.6) is 0 Å². The fourth-order valence-electron chi connectivity index (χ4n) is 2.73. The zero-order valence-corrected chi connectivity index (χ0v) is 13.0. The van der Waals surface area contributed by atoms with Crippen LogP contribution in [0.1, 0.15) is 28.5 Å². The maximum atomic E-state index is 12.6. The van der Waals surface area contributed by atoms with Crippen LogP contribution in [0.3, 0.4) is 0 Å². The van der Waals surface area contributed by atoms with Crippen molar-refractivity contribution in [3.8, 4) is 0 Å². The number of ether oxygens (including phenoxy) is 1. The molecule has 0 fully saturated rings. The van der Waals surface area contributed by atoms with Crippen LogP contribution in [0.4, 0.5) is 18.9 Å². The van der Waals surface area contributed by atoms with E-state index in [9.17, 15) is 22.8 Å². The number of hydrogen-bond acceptors (Lipinski definition) is 5. The van der Waals surface area contributed by atoms with E-state index >= 15 is 0 Å². The second kappa shape index (κ2) is 6.19. The molecule has 1 unspecified atom stereocenters. The average molecular weight is 354 g/mol. The Morgan fingerprint density at radius 3 is 2.84 bits per heavy atom. The van der Waals surface area contributed by atoms with Gasteiger partial charge in [0.2, 0.25) is 0 Å². The van der Waals surface area contributed by atoms with Crippen LogP contribution in [0.15, 0.2) is 30.7 Å². The summed E-state index contributed by atoms with van der Waals surface area (Å²) in [6.07, 6.45) is -0.862. The number of alkyl halides is 3. The van der Waals surface area contributed by atoms with Crippen molar-refractivity contribution >= 4 is 17.6 Å². The molecule has 10 heteroatoms. The molecule has 3 heterocycles. The summed E-state index contributed by atoms with van der Waals surface area (Å²) in [5, 5.41) is 3.64. The molecule has 1 amide bonds. The zero-order valence-electron chi connectivity index (χ0n) is 13.0. The molecule has 1 atom stereocenters. The quantitative estimate of drug-likeness (QED) is 0.786. The first kappa shape index (κ1) is 16.9. The van der Waals surface area contributed by atoms with Gasteiger partial charge in [-0.2, -0.15) is 18.3 Å². The zero-order chi connectivity index (χ0) is 18.2. The van der Waals surface area contributed by atoms with E-state index < -0.39 is 30.6 Å². The Balaban J connectivity index is 1.96. The number of nitrogens with zero attached hydrogens (tertiary/aromatic N) is 4. The van der Waals surface area contributed by atoms with Crippen molar-refractivity contribution in [1.29, 1.82) is 0 Å². The van der Waals surface area contributed by atoms with Gasteiger partial charge in [0.05, 0.1) is 42.7 Å². The van der Waals surface area contributed by atoms with Crippen LogP contribution < -0.4 is 4.90 Å². The van der Waals surface area contributed by atoms with Gasteiger partial charge in [-0.25, -0.2) is 0 Å². The van der Waals surface area contributed by atoms with Crippen molar-refractivity contribution in [2.75, 3.05) is 12.0 Å². The van der Waals surface area contributed by atoms with Gasteiger partial charge in [-0.1, -0.05) is 0 Å². The van der Waals surface area contributed by atoms with Gasteiger partial charge in [-0.3, -0.25) is 24.2 Å². The highest BCUT2D eigenvalue weighted by Gasteiger charge is 2.41. The summed E-state index contributed by atoms with van der Waals surface area (Å²) in [7, 11) is 1.21. The van der Waals surface area contributed by atoms with Gasteiger partial charge in [-0.15, -0.1) is 0 Å². The average Bonchev–Trinajstić information content (AvgIpc) is 3.09. The number of aromatic nitrogens is 3. The van der Waals surface area contributed by atoms with Crippen molar-refractivity contribution < 1.29 is 27.5 Å². The lowest BCUT2D eigenvalue weighted by Crippen LogP contribution is -2.29. The third kappa shape index (κ3) is 3.32. The molecule has 0 saturated carbocycles. The highest BCUT2D eigenvalue weighted by Crippen LogP contribution is 2.38. The van der Waals surface area contributed by atoms with Crippen molar-refractivity contribution in [3.05, 3.63) is 42.0 Å². The number of fused-ring (bicyclic) bond motifs is 1. The number of carbonyl (C=O) groups excluding carboxylic acids is 2. The van der Waals surface area contributed by atoms with Crippen LogP contribution in [-0.2, 0) is 16.1 Å². The Kier molecular flexibility index (Phi) is 4.19. The minimum atomic E-state index is -4.44. The van der Waals surface area contributed by atoms with Gasteiger partial charge in [0.15, 0.2) is 0 Å². The minimum absolute atomic E-state index is 0.154. The Hall–Kier alpha value is -2.91. The molecule has 132 valence electrons. The Bertz CT molecular complexity index is 818. The van der Waals surface area contributed by atoms with Crippen LogP contribution >= 0.6 is 0 Å². The van der Waals surface area contributed by atoms with Crippen LogP contribution in [0.25, 0.3) is 0 Å². The van der Waals surface area contributed by atoms with Crippen LogP contribution in [0.2, 0.25) is 0 Å². The molecular formula is C15H13F3N4O3. The Morgan fingerprint density at radius 2 is 2.16 bits per heavy atom. The van der Waals surface area contributed by atoms with Crippen LogP contribution in [-0.4, -0.2) is 39.9 Å². The molecule has 2 aromatic heterocycles. The standard InChI is InChI=1S/C15H13F3N4O3/c1-25-12(23)5-11-13-10(3-2-4-19-13)14(24)22(11)9-6-20-21(7-9)8-15(16,17)18/h2-4,6-7,11H,5,8H2,1H3. The summed E-state index contributed by atoms with van der Waals surface area (Å²) in [6.45, 7) is -1.28. The number of methoxy groups -OCH3 is 1. The molecule has 0 spiro atoms. The molecule has 25 heavy (non-hydrogen) atoms. The van der Waals surface area contributed by atoms with Gasteiger partial charge in [-0.05, 0) is 12.1 Å². The molecule has 7 nitrogen and oxygen atoms in total. The molecule has 3 rings (SSSR count). The number of rotatable bonds is 4. The Labute approximate surface area is 140 Å². The minimum Gasteiger partial charge on any atom is -0.469 e. The normalized spacial score (nSPS) is 16.9. The maximum Gasteiger partial charge on any atom is 0.408 e. The summed E-state index contributed by atoms with van der Waals surface area (Å²) >= 11 is 0. The van der Waals surface area contributed by atoms with Crippen molar-refractivity contribution in [2.24, 2.45) is 0 Å². The molecule has 1 aliphatic heterocycles. The number of amides is 1. The number of hydrogen-bond donors (Lipinski definition) is 0. The smallest absolute Gasteiger partial charge is 0.408 e. The highest BCUT2D eigenvalue weighted by molar-refractivity contribution is 6.10. The molecule has 0 bridgehead atoms. The number of anilines is 1. The van der Waals surface area contributed by atoms with Gasteiger partial charge in [0.25, 0.3) is 5.91 Å². The molecule has 1 aliphatic rings. The summed E-state index contributed by atoms with van der Waals surface area (Å²) < 4.78 is 42.8. The van der Waals surface area contributed by atoms with Crippen molar-refractivity contribution in [3.63, 3.8) is 0 Å². The lowest BCUT2D eigenvalue weighted by atomic mass is 10.1.